The number of nitrogens with zero attached hydrogens (tertiary/aromatic N) is 1. The molecule has 0 aliphatic heterocycles. The fourth-order valence-corrected chi connectivity index (χ4v) is 1.93. The van der Waals surface area contributed by atoms with Crippen molar-refractivity contribution in [2.45, 2.75) is 33.3 Å². The second-order valence-electron chi connectivity index (χ2n) is 4.80. The van der Waals surface area contributed by atoms with Crippen molar-refractivity contribution in [2.75, 3.05) is 19.6 Å². The summed E-state index contributed by atoms with van der Waals surface area (Å²) in [5.74, 6) is -0.0737. The summed E-state index contributed by atoms with van der Waals surface area (Å²) in [6.07, 6.45) is 1.24. The first-order chi connectivity index (χ1) is 10.2. The van der Waals surface area contributed by atoms with Gasteiger partial charge in [-0.15, -0.1) is 0 Å². The van der Waals surface area contributed by atoms with E-state index in [4.69, 9.17) is 4.74 Å². The standard InChI is InChI=1S/C16H24N2O3/c1-3-10-18(11-4-2)15(19)12-17-16(20)21-13-14-8-6-5-7-9-14/h5-9H,3-4,10-13H2,1-2H3,(H,17,20). The van der Waals surface area contributed by atoms with Gasteiger partial charge in [0.05, 0.1) is 0 Å². The summed E-state index contributed by atoms with van der Waals surface area (Å²) in [5, 5.41) is 2.50. The van der Waals surface area contributed by atoms with Crippen molar-refractivity contribution in [3.63, 3.8) is 0 Å². The van der Waals surface area contributed by atoms with E-state index in [1.807, 2.05) is 44.2 Å². The Balaban J connectivity index is 2.29. The van der Waals surface area contributed by atoms with E-state index in [-0.39, 0.29) is 19.1 Å². The van der Waals surface area contributed by atoms with Crippen molar-refractivity contribution in [3.8, 4) is 0 Å². The average molecular weight is 292 g/mol. The molecule has 0 spiro atoms. The Hall–Kier alpha value is -2.04. The smallest absolute Gasteiger partial charge is 0.407 e. The third kappa shape index (κ3) is 6.79. The molecule has 1 rings (SSSR count). The van der Waals surface area contributed by atoms with Crippen LogP contribution in [-0.4, -0.2) is 36.5 Å². The quantitative estimate of drug-likeness (QED) is 0.801. The first kappa shape index (κ1) is 17.0. The Labute approximate surface area is 126 Å². The van der Waals surface area contributed by atoms with E-state index >= 15 is 0 Å². The van der Waals surface area contributed by atoms with E-state index in [1.165, 1.54) is 0 Å². The van der Waals surface area contributed by atoms with Gasteiger partial charge in [-0.05, 0) is 18.4 Å². The molecule has 0 atom stereocenters. The van der Waals surface area contributed by atoms with Crippen LogP contribution in [0.25, 0.3) is 0 Å². The molecular formula is C16H24N2O3. The molecule has 5 nitrogen and oxygen atoms in total. The first-order valence-corrected chi connectivity index (χ1v) is 7.39. The van der Waals surface area contributed by atoms with E-state index in [1.54, 1.807) is 4.90 Å². The molecule has 2 amide bonds. The van der Waals surface area contributed by atoms with E-state index in [2.05, 4.69) is 5.32 Å². The van der Waals surface area contributed by atoms with E-state index in [9.17, 15) is 9.59 Å². The second-order valence-corrected chi connectivity index (χ2v) is 4.80. The van der Waals surface area contributed by atoms with Crippen molar-refractivity contribution in [1.82, 2.24) is 10.2 Å². The second kappa shape index (κ2) is 9.80. The lowest BCUT2D eigenvalue weighted by Gasteiger charge is -2.21. The van der Waals surface area contributed by atoms with Crippen LogP contribution in [-0.2, 0) is 16.1 Å². The Morgan fingerprint density at radius 1 is 1.10 bits per heavy atom. The lowest BCUT2D eigenvalue weighted by atomic mass is 10.2. The number of amides is 2. The number of carbonyl (C=O) groups is 2. The minimum Gasteiger partial charge on any atom is -0.445 e. The molecule has 0 radical (unpaired) electrons. The summed E-state index contributed by atoms with van der Waals surface area (Å²) in [6, 6.07) is 9.42. The lowest BCUT2D eigenvalue weighted by Crippen LogP contribution is -2.41. The third-order valence-electron chi connectivity index (χ3n) is 2.94. The van der Waals surface area contributed by atoms with Crippen molar-refractivity contribution in [3.05, 3.63) is 35.9 Å². The Morgan fingerprint density at radius 3 is 2.29 bits per heavy atom. The maximum absolute atomic E-state index is 12.0. The molecule has 0 unspecified atom stereocenters. The van der Waals surface area contributed by atoms with Gasteiger partial charge in [0.25, 0.3) is 0 Å². The molecule has 116 valence electrons. The molecule has 0 aliphatic rings. The van der Waals surface area contributed by atoms with Gasteiger partial charge in [-0.1, -0.05) is 44.2 Å². The van der Waals surface area contributed by atoms with Gasteiger partial charge in [-0.25, -0.2) is 4.79 Å². The predicted molar refractivity (Wildman–Crippen MR) is 81.8 cm³/mol. The molecule has 1 aromatic carbocycles. The highest BCUT2D eigenvalue weighted by atomic mass is 16.5. The molecule has 0 aliphatic carbocycles. The Kier molecular flexibility index (Phi) is 7.94. The highest BCUT2D eigenvalue weighted by Gasteiger charge is 2.13. The SMILES string of the molecule is CCCN(CCC)C(=O)CNC(=O)OCc1ccccc1. The largest absolute Gasteiger partial charge is 0.445 e. The van der Waals surface area contributed by atoms with E-state index < -0.39 is 6.09 Å². The van der Waals surface area contributed by atoms with Crippen LogP contribution in [0.3, 0.4) is 0 Å². The van der Waals surface area contributed by atoms with Crippen LogP contribution in [0.5, 0.6) is 0 Å². The zero-order valence-electron chi connectivity index (χ0n) is 12.8. The van der Waals surface area contributed by atoms with Gasteiger partial charge in [0.15, 0.2) is 0 Å². The van der Waals surface area contributed by atoms with Crippen LogP contribution >= 0.6 is 0 Å². The minimum atomic E-state index is -0.569. The van der Waals surface area contributed by atoms with Crippen molar-refractivity contribution in [2.24, 2.45) is 0 Å². The topological polar surface area (TPSA) is 58.6 Å². The summed E-state index contributed by atoms with van der Waals surface area (Å²) < 4.78 is 5.06. The lowest BCUT2D eigenvalue weighted by molar-refractivity contribution is -0.130. The number of nitrogens with one attached hydrogen (secondary N) is 1. The van der Waals surface area contributed by atoms with Crippen molar-refractivity contribution >= 4 is 12.0 Å². The van der Waals surface area contributed by atoms with Gasteiger partial charge >= 0.3 is 6.09 Å². The average Bonchev–Trinajstić information content (AvgIpc) is 2.51. The van der Waals surface area contributed by atoms with Gasteiger partial charge in [0, 0.05) is 13.1 Å². The monoisotopic (exact) mass is 292 g/mol. The third-order valence-corrected chi connectivity index (χ3v) is 2.94. The summed E-state index contributed by atoms with van der Waals surface area (Å²) >= 11 is 0. The van der Waals surface area contributed by atoms with Gasteiger partial charge in [0.1, 0.15) is 13.2 Å². The number of hydrogen-bond donors (Lipinski definition) is 1. The van der Waals surface area contributed by atoms with Crippen LogP contribution < -0.4 is 5.32 Å². The normalized spacial score (nSPS) is 10.0. The fraction of sp³-hybridized carbons (Fsp3) is 0.500. The van der Waals surface area contributed by atoms with Gasteiger partial charge < -0.3 is 15.0 Å². The number of ether oxygens (including phenoxy) is 1. The molecule has 0 heterocycles. The number of carbonyl (C=O) groups excluding carboxylic acids is 2. The van der Waals surface area contributed by atoms with Gasteiger partial charge in [0.2, 0.25) is 5.91 Å². The predicted octanol–water partition coefficient (Wildman–Crippen LogP) is 2.56. The summed E-state index contributed by atoms with van der Waals surface area (Å²) in [7, 11) is 0. The number of rotatable bonds is 8. The molecule has 0 fully saturated rings. The minimum absolute atomic E-state index is 0.0202. The molecule has 21 heavy (non-hydrogen) atoms. The fourth-order valence-electron chi connectivity index (χ4n) is 1.93. The number of alkyl carbamates (subject to hydrolysis) is 1. The molecular weight excluding hydrogens is 268 g/mol. The summed E-state index contributed by atoms with van der Waals surface area (Å²) in [6.45, 7) is 5.66. The zero-order valence-corrected chi connectivity index (χ0v) is 12.8. The Morgan fingerprint density at radius 2 is 1.71 bits per heavy atom. The van der Waals surface area contributed by atoms with Crippen LogP contribution in [0.4, 0.5) is 4.79 Å². The van der Waals surface area contributed by atoms with Crippen molar-refractivity contribution < 1.29 is 14.3 Å². The molecule has 0 aromatic heterocycles. The highest BCUT2D eigenvalue weighted by molar-refractivity contribution is 5.82. The van der Waals surface area contributed by atoms with Gasteiger partial charge in [-0.3, -0.25) is 4.79 Å². The Bertz CT molecular complexity index is 428. The molecule has 0 saturated heterocycles. The zero-order chi connectivity index (χ0) is 15.5. The maximum atomic E-state index is 12.0. The maximum Gasteiger partial charge on any atom is 0.407 e. The van der Waals surface area contributed by atoms with Crippen LogP contribution in [0.15, 0.2) is 30.3 Å². The molecule has 0 saturated carbocycles. The first-order valence-electron chi connectivity index (χ1n) is 7.39. The molecule has 5 heteroatoms. The van der Waals surface area contributed by atoms with Crippen molar-refractivity contribution in [1.29, 1.82) is 0 Å². The van der Waals surface area contributed by atoms with Crippen LogP contribution in [0.1, 0.15) is 32.3 Å². The number of hydrogen-bond acceptors (Lipinski definition) is 3. The summed E-state index contributed by atoms with van der Waals surface area (Å²) in [4.78, 5) is 25.3. The van der Waals surface area contributed by atoms with Gasteiger partial charge in [-0.2, -0.15) is 0 Å². The molecule has 1 aromatic rings. The van der Waals surface area contributed by atoms with Crippen LogP contribution in [0.2, 0.25) is 0 Å². The molecule has 1 N–H and O–H groups in total. The number of benzene rings is 1. The van der Waals surface area contributed by atoms with E-state index in [0.717, 1.165) is 18.4 Å². The summed E-state index contributed by atoms with van der Waals surface area (Å²) in [5.41, 5.74) is 0.914. The molecule has 0 bridgehead atoms. The highest BCUT2D eigenvalue weighted by Crippen LogP contribution is 2.00. The van der Waals surface area contributed by atoms with Crippen LogP contribution in [0, 0.1) is 0 Å². The van der Waals surface area contributed by atoms with E-state index in [0.29, 0.717) is 13.1 Å².